The Morgan fingerprint density at radius 1 is 1.26 bits per heavy atom. The highest BCUT2D eigenvalue weighted by atomic mass is 32.2. The number of rotatable bonds is 3. The summed E-state index contributed by atoms with van der Waals surface area (Å²) >= 11 is 1.20. The highest BCUT2D eigenvalue weighted by Crippen LogP contribution is 2.30. The maximum absolute atomic E-state index is 11.5. The van der Waals surface area contributed by atoms with Crippen LogP contribution >= 0.6 is 11.8 Å². The van der Waals surface area contributed by atoms with Crippen molar-refractivity contribution in [3.05, 3.63) is 29.8 Å². The molecule has 1 fully saturated rings. The quantitative estimate of drug-likeness (QED) is 0.698. The number of benzene rings is 1. The molecular weight excluding hydrogens is 268 g/mol. The van der Waals surface area contributed by atoms with Gasteiger partial charge in [0.15, 0.2) is 11.2 Å². The second-order valence-electron chi connectivity index (χ2n) is 4.42. The zero-order valence-electron chi connectivity index (χ0n) is 10.4. The minimum atomic E-state index is -1.24. The van der Waals surface area contributed by atoms with Gasteiger partial charge >= 0.3 is 0 Å². The van der Waals surface area contributed by atoms with Crippen LogP contribution in [-0.4, -0.2) is 50.6 Å². The van der Waals surface area contributed by atoms with Crippen molar-refractivity contribution < 1.29 is 24.9 Å². The van der Waals surface area contributed by atoms with Gasteiger partial charge in [0.2, 0.25) is 0 Å². The molecule has 0 aromatic heterocycles. The van der Waals surface area contributed by atoms with Crippen molar-refractivity contribution in [2.75, 3.05) is 5.75 Å². The normalized spacial score (nSPS) is 30.9. The van der Waals surface area contributed by atoms with Gasteiger partial charge in [0, 0.05) is 5.75 Å². The summed E-state index contributed by atoms with van der Waals surface area (Å²) in [4.78, 5) is 11.5. The van der Waals surface area contributed by atoms with Crippen LogP contribution in [0.5, 0.6) is 5.75 Å². The highest BCUT2D eigenvalue weighted by Gasteiger charge is 2.38. The lowest BCUT2D eigenvalue weighted by atomic mass is 10.1. The highest BCUT2D eigenvalue weighted by molar-refractivity contribution is 7.99. The van der Waals surface area contributed by atoms with Crippen LogP contribution in [0.3, 0.4) is 0 Å². The maximum Gasteiger partial charge on any atom is 0.173 e. The summed E-state index contributed by atoms with van der Waals surface area (Å²) in [5, 5.41) is 28.9. The van der Waals surface area contributed by atoms with Crippen molar-refractivity contribution in [3.8, 4) is 5.75 Å². The van der Waals surface area contributed by atoms with Crippen molar-refractivity contribution in [1.82, 2.24) is 0 Å². The van der Waals surface area contributed by atoms with E-state index in [-0.39, 0.29) is 11.5 Å². The van der Waals surface area contributed by atoms with E-state index in [2.05, 4.69) is 0 Å². The lowest BCUT2D eigenvalue weighted by Gasteiger charge is -2.34. The van der Waals surface area contributed by atoms with Gasteiger partial charge in [-0.25, -0.2) is 0 Å². The van der Waals surface area contributed by atoms with Crippen LogP contribution in [0.15, 0.2) is 24.3 Å². The summed E-state index contributed by atoms with van der Waals surface area (Å²) in [5.74, 6) is 0.507. The van der Waals surface area contributed by atoms with Crippen LogP contribution in [0, 0.1) is 0 Å². The lowest BCUT2D eigenvalue weighted by molar-refractivity contribution is -0.0786. The number of carbonyl (C=O) groups excluding carboxylic acids is 1. The second kappa shape index (κ2) is 5.92. The summed E-state index contributed by atoms with van der Waals surface area (Å²) in [7, 11) is 0. The fraction of sp³-hybridized carbons (Fsp3) is 0.462. The van der Waals surface area contributed by atoms with Gasteiger partial charge in [-0.2, -0.15) is 0 Å². The van der Waals surface area contributed by atoms with Gasteiger partial charge in [0.05, 0.1) is 11.7 Å². The van der Waals surface area contributed by atoms with E-state index in [0.29, 0.717) is 11.3 Å². The second-order valence-corrected chi connectivity index (χ2v) is 5.55. The first-order valence-corrected chi connectivity index (χ1v) is 6.98. The third-order valence-corrected chi connectivity index (χ3v) is 4.20. The Balaban J connectivity index is 2.15. The van der Waals surface area contributed by atoms with Crippen LogP contribution in [0.2, 0.25) is 0 Å². The van der Waals surface area contributed by atoms with Crippen molar-refractivity contribution in [2.24, 2.45) is 0 Å². The van der Waals surface area contributed by atoms with E-state index in [1.165, 1.54) is 18.7 Å². The summed E-state index contributed by atoms with van der Waals surface area (Å²) < 4.78 is 5.60. The monoisotopic (exact) mass is 284 g/mol. The molecule has 3 N–H and O–H groups in total. The summed E-state index contributed by atoms with van der Waals surface area (Å²) in [6, 6.07) is 6.74. The molecule has 2 rings (SSSR count). The fourth-order valence-corrected chi connectivity index (χ4v) is 2.98. The summed E-state index contributed by atoms with van der Waals surface area (Å²) in [5.41, 5.74) is -0.283. The van der Waals surface area contributed by atoms with E-state index < -0.39 is 23.7 Å². The molecule has 19 heavy (non-hydrogen) atoms. The Morgan fingerprint density at radius 3 is 2.63 bits per heavy atom. The number of aliphatic hydroxyl groups excluding tert-OH is 3. The van der Waals surface area contributed by atoms with E-state index in [1.54, 1.807) is 24.3 Å². The van der Waals surface area contributed by atoms with Crippen molar-refractivity contribution in [2.45, 2.75) is 30.7 Å². The Bertz CT molecular complexity index is 464. The molecule has 0 amide bonds. The average molecular weight is 284 g/mol. The van der Waals surface area contributed by atoms with E-state index in [4.69, 9.17) is 4.74 Å². The number of hydrogen-bond donors (Lipinski definition) is 3. The molecule has 1 heterocycles. The van der Waals surface area contributed by atoms with Gasteiger partial charge in [0.1, 0.15) is 18.0 Å². The topological polar surface area (TPSA) is 87.0 Å². The third kappa shape index (κ3) is 3.09. The van der Waals surface area contributed by atoms with Gasteiger partial charge in [0.25, 0.3) is 0 Å². The SMILES string of the molecule is CC(=O)c1ccccc1O[C@@H]1SC[C@@H](O)[C@H](O)[C@H]1O. The molecule has 1 aliphatic rings. The number of ketones is 1. The minimum Gasteiger partial charge on any atom is -0.476 e. The van der Waals surface area contributed by atoms with E-state index in [0.717, 1.165) is 0 Å². The first-order valence-electron chi connectivity index (χ1n) is 5.93. The Labute approximate surface area is 115 Å². The van der Waals surface area contributed by atoms with Gasteiger partial charge in [-0.15, -0.1) is 11.8 Å². The number of thioether (sulfide) groups is 1. The van der Waals surface area contributed by atoms with Crippen molar-refractivity contribution >= 4 is 17.5 Å². The molecular formula is C13H16O5S. The summed E-state index contributed by atoms with van der Waals surface area (Å²) in [6.45, 7) is 1.44. The van der Waals surface area contributed by atoms with Crippen LogP contribution < -0.4 is 4.74 Å². The molecule has 1 saturated heterocycles. The standard InChI is InChI=1S/C13H16O5S/c1-7(14)8-4-2-3-5-10(8)18-13-12(17)11(16)9(15)6-19-13/h2-5,9,11-13,15-17H,6H2,1H3/t9-,11+,12-,13-/m1/s1. The molecule has 6 heteroatoms. The Hall–Kier alpha value is -1.08. The first kappa shape index (κ1) is 14.3. The number of carbonyl (C=O) groups is 1. The number of hydrogen-bond acceptors (Lipinski definition) is 6. The van der Waals surface area contributed by atoms with Gasteiger partial charge in [-0.3, -0.25) is 4.79 Å². The van der Waals surface area contributed by atoms with Gasteiger partial charge < -0.3 is 20.1 Å². The molecule has 1 aromatic carbocycles. The fourth-order valence-electron chi connectivity index (χ4n) is 1.87. The van der Waals surface area contributed by atoms with Crippen LogP contribution in [0.25, 0.3) is 0 Å². The molecule has 5 nitrogen and oxygen atoms in total. The number of ether oxygens (including phenoxy) is 1. The molecule has 0 aliphatic carbocycles. The lowest BCUT2D eigenvalue weighted by Crippen LogP contribution is -2.50. The Morgan fingerprint density at radius 2 is 1.95 bits per heavy atom. The zero-order valence-corrected chi connectivity index (χ0v) is 11.2. The molecule has 1 aliphatic heterocycles. The zero-order chi connectivity index (χ0) is 14.0. The average Bonchev–Trinajstić information content (AvgIpc) is 2.40. The Kier molecular flexibility index (Phi) is 4.46. The molecule has 0 bridgehead atoms. The smallest absolute Gasteiger partial charge is 0.173 e. The minimum absolute atomic E-state index is 0.133. The molecule has 104 valence electrons. The predicted octanol–water partition coefficient (Wildman–Crippen LogP) is 0.424. The predicted molar refractivity (Wildman–Crippen MR) is 71.3 cm³/mol. The first-order chi connectivity index (χ1) is 9.00. The third-order valence-electron chi connectivity index (χ3n) is 2.96. The van der Waals surface area contributed by atoms with Crippen LogP contribution in [0.1, 0.15) is 17.3 Å². The number of Topliss-reactive ketones (excluding diaryl/α,β-unsaturated/α-hetero) is 1. The molecule has 4 atom stereocenters. The molecule has 0 saturated carbocycles. The maximum atomic E-state index is 11.5. The summed E-state index contributed by atoms with van der Waals surface area (Å²) in [6.07, 6.45) is -3.41. The van der Waals surface area contributed by atoms with Gasteiger partial charge in [-0.05, 0) is 19.1 Å². The van der Waals surface area contributed by atoms with Gasteiger partial charge in [-0.1, -0.05) is 12.1 Å². The number of para-hydroxylation sites is 1. The largest absolute Gasteiger partial charge is 0.476 e. The van der Waals surface area contributed by atoms with E-state index in [9.17, 15) is 20.1 Å². The van der Waals surface area contributed by atoms with E-state index in [1.807, 2.05) is 0 Å². The molecule has 0 radical (unpaired) electrons. The molecule has 1 aromatic rings. The van der Waals surface area contributed by atoms with Crippen molar-refractivity contribution in [1.29, 1.82) is 0 Å². The molecule has 0 spiro atoms. The van der Waals surface area contributed by atoms with E-state index >= 15 is 0 Å². The molecule has 0 unspecified atom stereocenters. The number of aliphatic hydroxyl groups is 3. The van der Waals surface area contributed by atoms with Crippen LogP contribution in [-0.2, 0) is 0 Å². The van der Waals surface area contributed by atoms with Crippen LogP contribution in [0.4, 0.5) is 0 Å². The van der Waals surface area contributed by atoms with Crippen molar-refractivity contribution in [3.63, 3.8) is 0 Å².